The maximum absolute atomic E-state index is 13.4. The SMILES string of the molecule is Cc1cc2n(n1)C1(n3nc(C(F)(F)F)nc3-c3cncc[n+]31)[n+]1ccccc1-2. The van der Waals surface area contributed by atoms with Gasteiger partial charge in [-0.05, 0) is 19.1 Å². The Hall–Kier alpha value is -3.63. The number of halogens is 3. The fourth-order valence-electron chi connectivity index (χ4n) is 4.03. The summed E-state index contributed by atoms with van der Waals surface area (Å²) in [6, 6.07) is 7.46. The maximum Gasteiger partial charge on any atom is 0.584 e. The Morgan fingerprint density at radius 3 is 2.68 bits per heavy atom. The summed E-state index contributed by atoms with van der Waals surface area (Å²) in [5, 5.41) is 8.46. The van der Waals surface area contributed by atoms with E-state index in [4.69, 9.17) is 0 Å². The lowest BCUT2D eigenvalue weighted by atomic mass is 10.2. The summed E-state index contributed by atoms with van der Waals surface area (Å²) in [5.74, 6) is -2.46. The zero-order valence-corrected chi connectivity index (χ0v) is 14.3. The van der Waals surface area contributed by atoms with Crippen molar-refractivity contribution in [1.29, 1.82) is 0 Å². The van der Waals surface area contributed by atoms with E-state index in [9.17, 15) is 13.2 Å². The van der Waals surface area contributed by atoms with Gasteiger partial charge in [-0.2, -0.15) is 23.3 Å². The molecule has 0 bridgehead atoms. The minimum Gasteiger partial charge on any atom is -0.251 e. The Bertz CT molecular complexity index is 1290. The van der Waals surface area contributed by atoms with Crippen LogP contribution in [0.15, 0.2) is 49.1 Å². The van der Waals surface area contributed by atoms with Crippen LogP contribution in [0.1, 0.15) is 11.5 Å². The van der Waals surface area contributed by atoms with Gasteiger partial charge >= 0.3 is 12.1 Å². The smallest absolute Gasteiger partial charge is 0.251 e. The molecular formula is C17H11F3N8+2. The van der Waals surface area contributed by atoms with E-state index in [1.54, 1.807) is 27.8 Å². The number of fused-ring (bicyclic) bond motifs is 10. The van der Waals surface area contributed by atoms with E-state index in [1.807, 2.05) is 35.8 Å². The Labute approximate surface area is 155 Å². The number of rotatable bonds is 0. The molecule has 0 fully saturated rings. The maximum atomic E-state index is 13.4. The highest BCUT2D eigenvalue weighted by Gasteiger charge is 2.71. The zero-order valence-electron chi connectivity index (χ0n) is 14.3. The predicted molar refractivity (Wildman–Crippen MR) is 85.2 cm³/mol. The van der Waals surface area contributed by atoms with E-state index in [0.717, 1.165) is 17.1 Å². The number of nitrogens with zero attached hydrogens (tertiary/aromatic N) is 8. The van der Waals surface area contributed by atoms with E-state index >= 15 is 0 Å². The topological polar surface area (TPSA) is 69.2 Å². The molecule has 0 aliphatic carbocycles. The van der Waals surface area contributed by atoms with Crippen molar-refractivity contribution in [2.24, 2.45) is 0 Å². The monoisotopic (exact) mass is 384 g/mol. The van der Waals surface area contributed by atoms with Crippen LogP contribution in [0.4, 0.5) is 13.2 Å². The number of alkyl halides is 3. The van der Waals surface area contributed by atoms with Gasteiger partial charge in [0.15, 0.2) is 12.4 Å². The van der Waals surface area contributed by atoms with Gasteiger partial charge < -0.3 is 0 Å². The Morgan fingerprint density at radius 2 is 1.86 bits per heavy atom. The molecule has 0 aromatic carbocycles. The van der Waals surface area contributed by atoms with Crippen molar-refractivity contribution >= 4 is 0 Å². The van der Waals surface area contributed by atoms with Crippen LogP contribution in [0.2, 0.25) is 0 Å². The molecule has 1 spiro atoms. The third-order valence-electron chi connectivity index (χ3n) is 5.02. The number of hydrogen-bond acceptors (Lipinski definition) is 4. The molecule has 6 rings (SSSR count). The van der Waals surface area contributed by atoms with E-state index in [2.05, 4.69) is 20.2 Å². The van der Waals surface area contributed by atoms with Crippen molar-refractivity contribution in [2.75, 3.05) is 0 Å². The summed E-state index contributed by atoms with van der Waals surface area (Å²) in [6.45, 7) is 1.84. The Balaban J connectivity index is 1.81. The lowest BCUT2D eigenvalue weighted by molar-refractivity contribution is -0.990. The van der Waals surface area contributed by atoms with Gasteiger partial charge in [-0.1, -0.05) is 13.8 Å². The summed E-state index contributed by atoms with van der Waals surface area (Å²) >= 11 is 0. The minimum atomic E-state index is -4.67. The molecule has 2 aliphatic rings. The molecule has 8 nitrogen and oxygen atoms in total. The van der Waals surface area contributed by atoms with Crippen LogP contribution in [-0.4, -0.2) is 29.5 Å². The van der Waals surface area contributed by atoms with Crippen molar-refractivity contribution in [2.45, 2.75) is 19.0 Å². The lowest BCUT2D eigenvalue weighted by Gasteiger charge is -2.15. The molecule has 1 atom stereocenters. The van der Waals surface area contributed by atoms with Gasteiger partial charge in [-0.3, -0.25) is 4.98 Å². The van der Waals surface area contributed by atoms with Crippen LogP contribution in [0.25, 0.3) is 22.9 Å². The highest BCUT2D eigenvalue weighted by Crippen LogP contribution is 2.38. The van der Waals surface area contributed by atoms with Gasteiger partial charge in [0.25, 0.3) is 11.5 Å². The molecule has 6 heterocycles. The summed E-state index contributed by atoms with van der Waals surface area (Å²) in [4.78, 5) is 7.86. The summed E-state index contributed by atoms with van der Waals surface area (Å²) in [5.41, 5.74) is 2.72. The van der Waals surface area contributed by atoms with Gasteiger partial charge in [-0.25, -0.2) is 0 Å². The zero-order chi connectivity index (χ0) is 19.3. The van der Waals surface area contributed by atoms with Crippen LogP contribution < -0.4 is 9.13 Å². The number of hydrogen-bond donors (Lipinski definition) is 0. The number of pyridine rings is 1. The Morgan fingerprint density at radius 1 is 1.04 bits per heavy atom. The largest absolute Gasteiger partial charge is 0.584 e. The second-order valence-corrected chi connectivity index (χ2v) is 6.64. The molecule has 138 valence electrons. The van der Waals surface area contributed by atoms with Crippen molar-refractivity contribution in [3.63, 3.8) is 0 Å². The van der Waals surface area contributed by atoms with Crippen LogP contribution in [-0.2, 0) is 12.1 Å². The molecule has 11 heteroatoms. The molecule has 0 N–H and O–H groups in total. The third kappa shape index (κ3) is 1.58. The van der Waals surface area contributed by atoms with Gasteiger partial charge in [0.2, 0.25) is 11.5 Å². The first-order valence-electron chi connectivity index (χ1n) is 8.42. The average molecular weight is 384 g/mol. The summed E-state index contributed by atoms with van der Waals surface area (Å²) in [6.07, 6.45) is 1.86. The molecule has 0 saturated carbocycles. The van der Waals surface area contributed by atoms with Crippen LogP contribution in [0, 0.1) is 6.92 Å². The van der Waals surface area contributed by atoms with E-state index in [1.165, 1.54) is 10.9 Å². The van der Waals surface area contributed by atoms with Crippen molar-refractivity contribution in [3.05, 3.63) is 60.6 Å². The molecule has 4 aromatic rings. The van der Waals surface area contributed by atoms with Crippen molar-refractivity contribution in [3.8, 4) is 22.9 Å². The standard InChI is InChI=1S/C17H11F3N8/c1-10-8-12-11-4-2-3-6-25(11)17(27(12)23-10)26-7-5-21-9-13(26)14-22-15(16(18,19)20)24-28(14)17/h2-9H,1H3/q+2. The first-order valence-corrected chi connectivity index (χ1v) is 8.42. The third-order valence-corrected chi connectivity index (χ3v) is 5.02. The van der Waals surface area contributed by atoms with Crippen LogP contribution >= 0.6 is 0 Å². The second kappa shape index (κ2) is 4.61. The number of aryl methyl sites for hydroxylation is 1. The summed E-state index contributed by atoms with van der Waals surface area (Å²) < 4.78 is 46.7. The van der Waals surface area contributed by atoms with E-state index in [-0.39, 0.29) is 5.82 Å². The Kier molecular flexibility index (Phi) is 2.54. The molecule has 0 saturated heterocycles. The normalized spacial score (nSPS) is 18.9. The van der Waals surface area contributed by atoms with Crippen LogP contribution in [0.5, 0.6) is 0 Å². The molecule has 2 aliphatic heterocycles. The molecule has 1 unspecified atom stereocenters. The molecule has 4 aromatic heterocycles. The molecule has 28 heavy (non-hydrogen) atoms. The highest BCUT2D eigenvalue weighted by molar-refractivity contribution is 5.55. The quantitative estimate of drug-likeness (QED) is 0.366. The second-order valence-electron chi connectivity index (χ2n) is 6.64. The average Bonchev–Trinajstić information content (AvgIpc) is 3.37. The van der Waals surface area contributed by atoms with Gasteiger partial charge in [-0.15, -0.1) is 9.78 Å². The summed E-state index contributed by atoms with van der Waals surface area (Å²) in [7, 11) is 0. The fraction of sp³-hybridized carbons (Fsp3) is 0.176. The molecule has 0 radical (unpaired) electrons. The van der Waals surface area contributed by atoms with Crippen LogP contribution in [0.3, 0.4) is 0 Å². The van der Waals surface area contributed by atoms with E-state index < -0.39 is 17.9 Å². The first kappa shape index (κ1) is 15.4. The van der Waals surface area contributed by atoms with E-state index in [0.29, 0.717) is 5.69 Å². The van der Waals surface area contributed by atoms with Crippen molar-refractivity contribution < 1.29 is 22.3 Å². The fourth-order valence-corrected chi connectivity index (χ4v) is 4.03. The lowest BCUT2D eigenvalue weighted by Crippen LogP contribution is -2.77. The van der Waals surface area contributed by atoms with Gasteiger partial charge in [0, 0.05) is 12.1 Å². The highest BCUT2D eigenvalue weighted by atomic mass is 19.4. The molecular weight excluding hydrogens is 373 g/mol. The number of aromatic nitrogens is 8. The van der Waals surface area contributed by atoms with Crippen molar-refractivity contribution in [1.82, 2.24) is 29.5 Å². The minimum absolute atomic E-state index is 0.0729. The van der Waals surface area contributed by atoms with Gasteiger partial charge in [0.05, 0.1) is 11.9 Å². The first-order chi connectivity index (χ1) is 13.4. The van der Waals surface area contributed by atoms with Gasteiger partial charge in [0.1, 0.15) is 11.9 Å². The predicted octanol–water partition coefficient (Wildman–Crippen LogP) is 0.945. The molecule has 0 amide bonds.